The lowest BCUT2D eigenvalue weighted by Crippen LogP contribution is -2.61. The van der Waals surface area contributed by atoms with Crippen LogP contribution in [0.3, 0.4) is 0 Å². The van der Waals surface area contributed by atoms with Gasteiger partial charge in [-0.05, 0) is 51.4 Å². The van der Waals surface area contributed by atoms with Crippen molar-refractivity contribution in [3.8, 4) is 0 Å². The number of sulfonamides is 1. The first-order chi connectivity index (χ1) is 12.4. The van der Waals surface area contributed by atoms with Gasteiger partial charge in [0.15, 0.2) is 0 Å². The Balaban J connectivity index is 1.78. The van der Waals surface area contributed by atoms with Crippen molar-refractivity contribution in [2.45, 2.75) is 49.2 Å². The zero-order valence-electron chi connectivity index (χ0n) is 15.3. The van der Waals surface area contributed by atoms with Gasteiger partial charge in [-0.2, -0.15) is 0 Å². The summed E-state index contributed by atoms with van der Waals surface area (Å²) in [6.07, 6.45) is 2.34. The van der Waals surface area contributed by atoms with Gasteiger partial charge in [0, 0.05) is 18.6 Å². The molecule has 3 rings (SSSR count). The third-order valence-corrected chi connectivity index (χ3v) is 6.79. The summed E-state index contributed by atoms with van der Waals surface area (Å²) in [4.78, 5) is 14.5. The largest absolute Gasteiger partial charge is 0.468 e. The number of benzene rings is 1. The van der Waals surface area contributed by atoms with Gasteiger partial charge >= 0.3 is 5.97 Å². The average Bonchev–Trinajstić information content (AvgIpc) is 3.11. The summed E-state index contributed by atoms with van der Waals surface area (Å²) < 4.78 is 33.4. The average molecular weight is 381 g/mol. The van der Waals surface area contributed by atoms with Gasteiger partial charge in [-0.1, -0.05) is 17.7 Å². The second kappa shape index (κ2) is 8.04. The van der Waals surface area contributed by atoms with Crippen LogP contribution >= 0.6 is 0 Å². The number of hydrogen-bond acceptors (Lipinski definition) is 6. The minimum Gasteiger partial charge on any atom is -0.468 e. The smallest absolute Gasteiger partial charge is 0.323 e. The normalized spacial score (nSPS) is 27.4. The van der Waals surface area contributed by atoms with E-state index in [0.29, 0.717) is 13.0 Å². The molecule has 2 heterocycles. The van der Waals surface area contributed by atoms with Crippen LogP contribution in [0, 0.1) is 6.92 Å². The summed E-state index contributed by atoms with van der Waals surface area (Å²) in [7, 11) is -2.20. The van der Waals surface area contributed by atoms with Gasteiger partial charge in [0.2, 0.25) is 10.0 Å². The molecule has 0 amide bonds. The molecule has 0 radical (unpaired) electrons. The fourth-order valence-corrected chi connectivity index (χ4v) is 5.19. The molecule has 0 unspecified atom stereocenters. The molecular weight excluding hydrogens is 354 g/mol. The van der Waals surface area contributed by atoms with Crippen LogP contribution in [-0.4, -0.2) is 64.2 Å². The van der Waals surface area contributed by atoms with Gasteiger partial charge < -0.3 is 10.1 Å². The highest BCUT2D eigenvalue weighted by Crippen LogP contribution is 2.25. The van der Waals surface area contributed by atoms with E-state index in [4.69, 9.17) is 4.74 Å². The molecule has 144 valence electrons. The SMILES string of the molecule is COC(=O)[C@@H]1CCCN1[C@@H]1CNCC[C@H]1NS(=O)(=O)c1ccc(C)cc1. The molecule has 1 aromatic carbocycles. The quantitative estimate of drug-likeness (QED) is 0.728. The van der Waals surface area contributed by atoms with Crippen molar-refractivity contribution in [3.63, 3.8) is 0 Å². The molecule has 0 aliphatic carbocycles. The molecule has 2 aliphatic rings. The summed E-state index contributed by atoms with van der Waals surface area (Å²) in [6, 6.07) is 6.23. The Labute approximate surface area is 155 Å². The van der Waals surface area contributed by atoms with Crippen LogP contribution in [0.4, 0.5) is 0 Å². The number of ether oxygens (including phenoxy) is 1. The molecule has 3 atom stereocenters. The zero-order valence-corrected chi connectivity index (χ0v) is 16.1. The number of esters is 1. The monoisotopic (exact) mass is 381 g/mol. The first-order valence-electron chi connectivity index (χ1n) is 9.05. The predicted octanol–water partition coefficient (Wildman–Crippen LogP) is 0.641. The Bertz CT molecular complexity index is 735. The number of hydrogen-bond donors (Lipinski definition) is 2. The van der Waals surface area contributed by atoms with Crippen molar-refractivity contribution in [2.24, 2.45) is 0 Å². The Kier molecular flexibility index (Phi) is 5.96. The van der Waals surface area contributed by atoms with Gasteiger partial charge in [-0.25, -0.2) is 13.1 Å². The Hall–Kier alpha value is -1.48. The first-order valence-corrected chi connectivity index (χ1v) is 10.5. The number of nitrogens with zero attached hydrogens (tertiary/aromatic N) is 1. The predicted molar refractivity (Wildman–Crippen MR) is 98.3 cm³/mol. The highest BCUT2D eigenvalue weighted by Gasteiger charge is 2.41. The molecule has 2 N–H and O–H groups in total. The summed E-state index contributed by atoms with van der Waals surface area (Å²) in [6.45, 7) is 4.09. The van der Waals surface area contributed by atoms with Gasteiger partial charge in [-0.3, -0.25) is 9.69 Å². The van der Waals surface area contributed by atoms with Crippen molar-refractivity contribution < 1.29 is 17.9 Å². The highest BCUT2D eigenvalue weighted by atomic mass is 32.2. The van der Waals surface area contributed by atoms with Crippen LogP contribution in [0.5, 0.6) is 0 Å². The molecule has 0 spiro atoms. The number of nitrogens with one attached hydrogen (secondary N) is 2. The third kappa shape index (κ3) is 4.09. The maximum Gasteiger partial charge on any atom is 0.323 e. The molecular formula is C18H27N3O4S. The first kappa shape index (κ1) is 19.3. The van der Waals surface area contributed by atoms with E-state index in [9.17, 15) is 13.2 Å². The number of likely N-dealkylation sites (tertiary alicyclic amines) is 1. The van der Waals surface area contributed by atoms with E-state index in [2.05, 4.69) is 14.9 Å². The van der Waals surface area contributed by atoms with Crippen LogP contribution in [0.25, 0.3) is 0 Å². The van der Waals surface area contributed by atoms with E-state index in [-0.39, 0.29) is 29.0 Å². The standard InChI is InChI=1S/C18H27N3O4S/c1-13-5-7-14(8-6-13)26(23,24)20-15-9-10-19-12-17(15)21-11-3-4-16(21)18(22)25-2/h5-8,15-17,19-20H,3-4,9-12H2,1-2H3/t15-,16+,17-/m1/s1. The van der Waals surface area contributed by atoms with E-state index >= 15 is 0 Å². The molecule has 2 saturated heterocycles. The van der Waals surface area contributed by atoms with Gasteiger partial charge in [-0.15, -0.1) is 0 Å². The van der Waals surface area contributed by atoms with Crippen LogP contribution in [0.1, 0.15) is 24.8 Å². The summed E-state index contributed by atoms with van der Waals surface area (Å²) in [5.74, 6) is -0.242. The minimum atomic E-state index is -3.60. The number of rotatable bonds is 5. The molecule has 2 aliphatic heterocycles. The summed E-state index contributed by atoms with van der Waals surface area (Å²) in [5, 5.41) is 3.32. The molecule has 0 saturated carbocycles. The summed E-state index contributed by atoms with van der Waals surface area (Å²) >= 11 is 0. The Morgan fingerprint density at radius 3 is 2.69 bits per heavy atom. The van der Waals surface area contributed by atoms with E-state index in [0.717, 1.165) is 31.5 Å². The molecule has 0 bridgehead atoms. The number of methoxy groups -OCH3 is 1. The van der Waals surface area contributed by atoms with Crippen LogP contribution in [-0.2, 0) is 19.6 Å². The number of piperidine rings is 1. The zero-order chi connectivity index (χ0) is 18.7. The molecule has 2 fully saturated rings. The maximum atomic E-state index is 12.8. The fourth-order valence-electron chi connectivity index (χ4n) is 3.89. The molecule has 0 aromatic heterocycles. The molecule has 7 nitrogen and oxygen atoms in total. The van der Waals surface area contributed by atoms with E-state index < -0.39 is 10.0 Å². The topological polar surface area (TPSA) is 87.7 Å². The van der Waals surface area contributed by atoms with Gasteiger partial charge in [0.25, 0.3) is 0 Å². The Morgan fingerprint density at radius 1 is 1.27 bits per heavy atom. The van der Waals surface area contributed by atoms with Crippen molar-refractivity contribution in [1.82, 2.24) is 14.9 Å². The van der Waals surface area contributed by atoms with Gasteiger partial charge in [0.1, 0.15) is 6.04 Å². The molecule has 1 aromatic rings. The molecule has 8 heteroatoms. The van der Waals surface area contributed by atoms with Crippen LogP contribution in [0.15, 0.2) is 29.2 Å². The van der Waals surface area contributed by atoms with Crippen LogP contribution in [0.2, 0.25) is 0 Å². The van der Waals surface area contributed by atoms with Crippen molar-refractivity contribution in [1.29, 1.82) is 0 Å². The molecule has 26 heavy (non-hydrogen) atoms. The second-order valence-electron chi connectivity index (χ2n) is 7.02. The fraction of sp³-hybridized carbons (Fsp3) is 0.611. The summed E-state index contributed by atoms with van der Waals surface area (Å²) in [5.41, 5.74) is 1.02. The lowest BCUT2D eigenvalue weighted by atomic mass is 9.99. The Morgan fingerprint density at radius 2 is 2.00 bits per heavy atom. The lowest BCUT2D eigenvalue weighted by Gasteiger charge is -2.40. The minimum absolute atomic E-state index is 0.0735. The third-order valence-electron chi connectivity index (χ3n) is 5.28. The van der Waals surface area contributed by atoms with Crippen molar-refractivity contribution >= 4 is 16.0 Å². The number of carbonyl (C=O) groups excluding carboxylic acids is 1. The maximum absolute atomic E-state index is 12.8. The lowest BCUT2D eigenvalue weighted by molar-refractivity contribution is -0.146. The van der Waals surface area contributed by atoms with Crippen molar-refractivity contribution in [3.05, 3.63) is 29.8 Å². The number of carbonyl (C=O) groups is 1. The van der Waals surface area contributed by atoms with Crippen molar-refractivity contribution in [2.75, 3.05) is 26.7 Å². The van der Waals surface area contributed by atoms with E-state index in [1.54, 1.807) is 24.3 Å². The van der Waals surface area contributed by atoms with Crippen LogP contribution < -0.4 is 10.0 Å². The van der Waals surface area contributed by atoms with E-state index in [1.807, 2.05) is 6.92 Å². The van der Waals surface area contributed by atoms with E-state index in [1.165, 1.54) is 7.11 Å². The number of aryl methyl sites for hydroxylation is 1. The second-order valence-corrected chi connectivity index (χ2v) is 8.73. The highest BCUT2D eigenvalue weighted by molar-refractivity contribution is 7.89. The van der Waals surface area contributed by atoms with Gasteiger partial charge in [0.05, 0.1) is 12.0 Å².